The number of unbranched alkanes of at least 4 members (excludes halogenated alkanes) is 6. The van der Waals surface area contributed by atoms with E-state index in [1.54, 1.807) is 0 Å². The highest BCUT2D eigenvalue weighted by Gasteiger charge is 2.06. The quantitative estimate of drug-likeness (QED) is 0.313. The van der Waals surface area contributed by atoms with Crippen LogP contribution >= 0.6 is 0 Å². The standard InChI is InChI=1S/C23H41NO2/c1-3-5-7-12-18-25-20-16-24(22-23-14-10-9-11-15-23)17-21-26-19-13-8-6-4-2/h9-11,14-15H,3-8,12-13,16-22H2,1-2H3. The third-order valence-corrected chi connectivity index (χ3v) is 4.64. The van der Waals surface area contributed by atoms with Gasteiger partial charge in [-0.1, -0.05) is 82.7 Å². The maximum atomic E-state index is 5.84. The number of hydrogen-bond acceptors (Lipinski definition) is 3. The third-order valence-electron chi connectivity index (χ3n) is 4.64. The molecule has 0 heterocycles. The molecule has 0 bridgehead atoms. The molecular formula is C23H41NO2. The van der Waals surface area contributed by atoms with Gasteiger partial charge in [0.1, 0.15) is 0 Å². The van der Waals surface area contributed by atoms with Crippen molar-refractivity contribution in [2.75, 3.05) is 39.5 Å². The number of benzene rings is 1. The monoisotopic (exact) mass is 363 g/mol. The van der Waals surface area contributed by atoms with Crippen molar-refractivity contribution in [2.45, 2.75) is 71.8 Å². The van der Waals surface area contributed by atoms with Gasteiger partial charge >= 0.3 is 0 Å². The lowest BCUT2D eigenvalue weighted by Gasteiger charge is -2.22. The lowest BCUT2D eigenvalue weighted by molar-refractivity contribution is 0.0693. The van der Waals surface area contributed by atoms with Crippen LogP contribution in [0.1, 0.15) is 70.8 Å². The van der Waals surface area contributed by atoms with E-state index in [-0.39, 0.29) is 0 Å². The van der Waals surface area contributed by atoms with Gasteiger partial charge in [-0.2, -0.15) is 0 Å². The van der Waals surface area contributed by atoms with Gasteiger partial charge in [0.05, 0.1) is 13.2 Å². The summed E-state index contributed by atoms with van der Waals surface area (Å²) in [5.41, 5.74) is 1.36. The zero-order chi connectivity index (χ0) is 18.7. The predicted molar refractivity (Wildman–Crippen MR) is 112 cm³/mol. The molecule has 0 aliphatic heterocycles. The highest BCUT2D eigenvalue weighted by atomic mass is 16.5. The molecule has 0 aliphatic rings. The molecule has 1 aromatic rings. The topological polar surface area (TPSA) is 21.7 Å². The average molecular weight is 364 g/mol. The van der Waals surface area contributed by atoms with Crippen molar-refractivity contribution in [1.29, 1.82) is 0 Å². The Bertz CT molecular complexity index is 378. The van der Waals surface area contributed by atoms with Crippen LogP contribution in [0.4, 0.5) is 0 Å². The summed E-state index contributed by atoms with van der Waals surface area (Å²) in [6.45, 7) is 10.8. The molecule has 0 aromatic heterocycles. The minimum Gasteiger partial charge on any atom is -0.380 e. The van der Waals surface area contributed by atoms with E-state index in [0.717, 1.165) is 46.1 Å². The van der Waals surface area contributed by atoms with Crippen LogP contribution in [-0.2, 0) is 16.0 Å². The Hall–Kier alpha value is -0.900. The molecule has 150 valence electrons. The normalized spacial score (nSPS) is 11.3. The molecule has 0 aliphatic carbocycles. The van der Waals surface area contributed by atoms with E-state index in [9.17, 15) is 0 Å². The van der Waals surface area contributed by atoms with Crippen molar-refractivity contribution in [3.8, 4) is 0 Å². The minimum atomic E-state index is 0.815. The maximum Gasteiger partial charge on any atom is 0.0593 e. The van der Waals surface area contributed by atoms with Crippen molar-refractivity contribution < 1.29 is 9.47 Å². The van der Waals surface area contributed by atoms with E-state index in [1.807, 2.05) is 0 Å². The number of rotatable bonds is 18. The molecule has 1 rings (SSSR count). The summed E-state index contributed by atoms with van der Waals surface area (Å²) in [7, 11) is 0. The fourth-order valence-electron chi connectivity index (χ4n) is 2.96. The van der Waals surface area contributed by atoms with E-state index in [1.165, 1.54) is 56.9 Å². The molecule has 26 heavy (non-hydrogen) atoms. The number of ether oxygens (including phenoxy) is 2. The van der Waals surface area contributed by atoms with Gasteiger partial charge in [-0.25, -0.2) is 0 Å². The maximum absolute atomic E-state index is 5.84. The lowest BCUT2D eigenvalue weighted by atomic mass is 10.2. The van der Waals surface area contributed by atoms with Crippen molar-refractivity contribution >= 4 is 0 Å². The van der Waals surface area contributed by atoms with Crippen LogP contribution in [0.5, 0.6) is 0 Å². The summed E-state index contributed by atoms with van der Waals surface area (Å²) in [4.78, 5) is 2.45. The molecule has 0 amide bonds. The fraction of sp³-hybridized carbons (Fsp3) is 0.739. The average Bonchev–Trinajstić information content (AvgIpc) is 2.67. The molecule has 0 unspecified atom stereocenters. The zero-order valence-corrected chi connectivity index (χ0v) is 17.3. The van der Waals surface area contributed by atoms with E-state index >= 15 is 0 Å². The first-order chi connectivity index (χ1) is 12.9. The Morgan fingerprint density at radius 3 is 1.69 bits per heavy atom. The molecule has 0 N–H and O–H groups in total. The molecule has 0 fully saturated rings. The summed E-state index contributed by atoms with van der Waals surface area (Å²) in [6.07, 6.45) is 10.2. The molecule has 0 atom stereocenters. The molecule has 1 aromatic carbocycles. The summed E-state index contributed by atoms with van der Waals surface area (Å²) in [6, 6.07) is 10.7. The minimum absolute atomic E-state index is 0.815. The Morgan fingerprint density at radius 2 is 1.19 bits per heavy atom. The molecular weight excluding hydrogens is 322 g/mol. The summed E-state index contributed by atoms with van der Waals surface area (Å²) >= 11 is 0. The van der Waals surface area contributed by atoms with Gasteiger partial charge in [-0.05, 0) is 18.4 Å². The van der Waals surface area contributed by atoms with Crippen molar-refractivity contribution in [2.24, 2.45) is 0 Å². The zero-order valence-electron chi connectivity index (χ0n) is 17.3. The van der Waals surface area contributed by atoms with E-state index in [4.69, 9.17) is 9.47 Å². The molecule has 3 heteroatoms. The Labute approximate surface area is 162 Å². The highest BCUT2D eigenvalue weighted by molar-refractivity contribution is 5.14. The molecule has 3 nitrogen and oxygen atoms in total. The molecule has 0 spiro atoms. The molecule has 0 radical (unpaired) electrons. The van der Waals surface area contributed by atoms with Crippen LogP contribution in [0.3, 0.4) is 0 Å². The summed E-state index contributed by atoms with van der Waals surface area (Å²) in [5, 5.41) is 0. The van der Waals surface area contributed by atoms with Gasteiger partial charge < -0.3 is 9.47 Å². The number of nitrogens with zero attached hydrogens (tertiary/aromatic N) is 1. The van der Waals surface area contributed by atoms with Crippen molar-refractivity contribution in [3.05, 3.63) is 35.9 Å². The Balaban J connectivity index is 2.21. The highest BCUT2D eigenvalue weighted by Crippen LogP contribution is 2.05. The van der Waals surface area contributed by atoms with Crippen LogP contribution in [0, 0.1) is 0 Å². The van der Waals surface area contributed by atoms with Gasteiger partial charge in [0, 0.05) is 32.8 Å². The second kappa shape index (κ2) is 17.5. The van der Waals surface area contributed by atoms with Gasteiger partial charge in [0.25, 0.3) is 0 Å². The lowest BCUT2D eigenvalue weighted by Crippen LogP contribution is -2.31. The first-order valence-corrected chi connectivity index (χ1v) is 10.8. The van der Waals surface area contributed by atoms with Crippen LogP contribution in [0.15, 0.2) is 30.3 Å². The van der Waals surface area contributed by atoms with Gasteiger partial charge in [-0.15, -0.1) is 0 Å². The van der Waals surface area contributed by atoms with Crippen molar-refractivity contribution in [1.82, 2.24) is 4.90 Å². The molecule has 0 saturated carbocycles. The van der Waals surface area contributed by atoms with E-state index in [2.05, 4.69) is 49.1 Å². The van der Waals surface area contributed by atoms with Crippen LogP contribution in [0.25, 0.3) is 0 Å². The second-order valence-corrected chi connectivity index (χ2v) is 7.11. The first-order valence-electron chi connectivity index (χ1n) is 10.8. The first kappa shape index (κ1) is 23.1. The number of hydrogen-bond donors (Lipinski definition) is 0. The third kappa shape index (κ3) is 13.3. The Kier molecular flexibility index (Phi) is 15.6. The van der Waals surface area contributed by atoms with Gasteiger partial charge in [0.2, 0.25) is 0 Å². The molecule has 0 saturated heterocycles. The fourth-order valence-corrected chi connectivity index (χ4v) is 2.96. The van der Waals surface area contributed by atoms with Crippen molar-refractivity contribution in [3.63, 3.8) is 0 Å². The summed E-state index contributed by atoms with van der Waals surface area (Å²) < 4.78 is 11.7. The van der Waals surface area contributed by atoms with Crippen LogP contribution in [-0.4, -0.2) is 44.4 Å². The SMILES string of the molecule is CCCCCCOCCN(CCOCCCCCC)Cc1ccccc1. The predicted octanol–water partition coefficient (Wildman–Crippen LogP) is 5.68. The van der Waals surface area contributed by atoms with Gasteiger partial charge in [-0.3, -0.25) is 4.90 Å². The van der Waals surface area contributed by atoms with E-state index < -0.39 is 0 Å². The summed E-state index contributed by atoms with van der Waals surface area (Å²) in [5.74, 6) is 0. The second-order valence-electron chi connectivity index (χ2n) is 7.11. The Morgan fingerprint density at radius 1 is 0.654 bits per heavy atom. The smallest absolute Gasteiger partial charge is 0.0593 e. The van der Waals surface area contributed by atoms with Crippen LogP contribution in [0.2, 0.25) is 0 Å². The van der Waals surface area contributed by atoms with Gasteiger partial charge in [0.15, 0.2) is 0 Å². The largest absolute Gasteiger partial charge is 0.380 e. The van der Waals surface area contributed by atoms with E-state index in [0.29, 0.717) is 0 Å². The van der Waals surface area contributed by atoms with Crippen LogP contribution < -0.4 is 0 Å².